The number of hydrogen-bond donors (Lipinski definition) is 0. The molecule has 0 aromatic heterocycles. The quantitative estimate of drug-likeness (QED) is 0.644. The predicted octanol–water partition coefficient (Wildman–Crippen LogP) is 2.18. The highest BCUT2D eigenvalue weighted by Crippen LogP contribution is 2.21. The van der Waals surface area contributed by atoms with Crippen molar-refractivity contribution < 1.29 is 14.3 Å². The summed E-state index contributed by atoms with van der Waals surface area (Å²) in [6.07, 6.45) is 7.79. The van der Waals surface area contributed by atoms with Crippen LogP contribution >= 0.6 is 0 Å². The molecule has 1 rings (SSSR count). The Morgan fingerprint density at radius 2 is 2.10 bits per heavy atom. The third kappa shape index (κ3) is 6.29. The van der Waals surface area contributed by atoms with Gasteiger partial charge in [0.05, 0.1) is 13.7 Å². The molecule has 0 saturated carbocycles. The molecule has 0 N–H and O–H groups in total. The zero-order valence-electron chi connectivity index (χ0n) is 13.6. The number of allylic oxidation sites excluding steroid dienone is 2. The Bertz CT molecular complexity index is 380. The van der Waals surface area contributed by atoms with Gasteiger partial charge in [-0.3, -0.25) is 14.5 Å². The molecule has 5 nitrogen and oxygen atoms in total. The molecule has 0 radical (unpaired) electrons. The molecule has 0 aromatic carbocycles. The highest BCUT2D eigenvalue weighted by atomic mass is 16.5. The van der Waals surface area contributed by atoms with Crippen molar-refractivity contribution in [2.75, 3.05) is 33.8 Å². The monoisotopic (exact) mass is 296 g/mol. The first kappa shape index (κ1) is 17.7. The van der Waals surface area contributed by atoms with Crippen molar-refractivity contribution in [1.82, 2.24) is 9.80 Å². The molecule has 0 aromatic rings. The first-order valence-corrected chi connectivity index (χ1v) is 7.83. The van der Waals surface area contributed by atoms with Crippen molar-refractivity contribution >= 4 is 11.9 Å². The minimum Gasteiger partial charge on any atom is -0.469 e. The third-order valence-electron chi connectivity index (χ3n) is 3.78. The zero-order chi connectivity index (χ0) is 15.7. The fraction of sp³-hybridized carbons (Fsp3) is 0.750. The lowest BCUT2D eigenvalue weighted by Crippen LogP contribution is -2.39. The van der Waals surface area contributed by atoms with Crippen molar-refractivity contribution in [3.05, 3.63) is 11.8 Å². The molecule has 21 heavy (non-hydrogen) atoms. The number of methoxy groups -OCH3 is 1. The number of ether oxygens (including phenoxy) is 1. The Morgan fingerprint density at radius 1 is 1.33 bits per heavy atom. The molecule has 0 aliphatic heterocycles. The van der Waals surface area contributed by atoms with Crippen molar-refractivity contribution in [3.63, 3.8) is 0 Å². The van der Waals surface area contributed by atoms with Crippen LogP contribution in [0.3, 0.4) is 0 Å². The molecule has 5 heteroatoms. The smallest absolute Gasteiger partial charge is 0.305 e. The number of likely N-dealkylation sites (N-methyl/N-ethyl adjacent to an activating group) is 2. The lowest BCUT2D eigenvalue weighted by atomic mass is 10.0. The highest BCUT2D eigenvalue weighted by molar-refractivity contribution is 5.80. The van der Waals surface area contributed by atoms with Gasteiger partial charge in [-0.15, -0.1) is 0 Å². The van der Waals surface area contributed by atoms with Crippen LogP contribution < -0.4 is 0 Å². The van der Waals surface area contributed by atoms with Crippen LogP contribution in [0.2, 0.25) is 0 Å². The van der Waals surface area contributed by atoms with Gasteiger partial charge < -0.3 is 9.64 Å². The third-order valence-corrected chi connectivity index (χ3v) is 3.78. The second kappa shape index (κ2) is 9.55. The molecule has 1 aliphatic carbocycles. The summed E-state index contributed by atoms with van der Waals surface area (Å²) in [6, 6.07) is 0. The average Bonchev–Trinajstić information content (AvgIpc) is 2.48. The highest BCUT2D eigenvalue weighted by Gasteiger charge is 2.19. The summed E-state index contributed by atoms with van der Waals surface area (Å²) in [4.78, 5) is 27.3. The van der Waals surface area contributed by atoms with Crippen LogP contribution in [0.4, 0.5) is 0 Å². The number of carbonyl (C=O) groups is 2. The Morgan fingerprint density at radius 3 is 2.67 bits per heavy atom. The van der Waals surface area contributed by atoms with Gasteiger partial charge in [0.15, 0.2) is 0 Å². The van der Waals surface area contributed by atoms with E-state index in [1.807, 2.05) is 23.8 Å². The summed E-state index contributed by atoms with van der Waals surface area (Å²) >= 11 is 0. The van der Waals surface area contributed by atoms with Crippen LogP contribution in [0.1, 0.15) is 45.4 Å². The molecule has 0 heterocycles. The number of rotatable bonds is 8. The summed E-state index contributed by atoms with van der Waals surface area (Å²) in [6.45, 7) is 3.86. The van der Waals surface area contributed by atoms with Crippen molar-refractivity contribution in [2.24, 2.45) is 0 Å². The van der Waals surface area contributed by atoms with Gasteiger partial charge in [-0.05, 0) is 52.6 Å². The Labute approximate surface area is 127 Å². The van der Waals surface area contributed by atoms with E-state index in [0.717, 1.165) is 25.9 Å². The fourth-order valence-electron chi connectivity index (χ4n) is 2.60. The number of carbonyl (C=O) groups excluding carboxylic acids is 2. The zero-order valence-corrected chi connectivity index (χ0v) is 13.6. The van der Waals surface area contributed by atoms with Crippen LogP contribution in [-0.2, 0) is 14.3 Å². The van der Waals surface area contributed by atoms with Gasteiger partial charge in [0.2, 0.25) is 5.91 Å². The van der Waals surface area contributed by atoms with Gasteiger partial charge in [0.1, 0.15) is 0 Å². The van der Waals surface area contributed by atoms with Gasteiger partial charge >= 0.3 is 5.97 Å². The Kier molecular flexibility index (Phi) is 8.05. The van der Waals surface area contributed by atoms with Crippen molar-refractivity contribution in [2.45, 2.75) is 45.4 Å². The van der Waals surface area contributed by atoms with Crippen LogP contribution in [0.25, 0.3) is 0 Å². The molecule has 0 bridgehead atoms. The lowest BCUT2D eigenvalue weighted by Gasteiger charge is -2.28. The van der Waals surface area contributed by atoms with E-state index in [2.05, 4.69) is 10.8 Å². The first-order chi connectivity index (χ1) is 10.1. The topological polar surface area (TPSA) is 49.9 Å². The van der Waals surface area contributed by atoms with Gasteiger partial charge in [0.25, 0.3) is 0 Å². The van der Waals surface area contributed by atoms with Crippen LogP contribution in [0, 0.1) is 0 Å². The number of hydrogen-bond acceptors (Lipinski definition) is 4. The molecule has 0 atom stereocenters. The average molecular weight is 296 g/mol. The van der Waals surface area contributed by atoms with Crippen LogP contribution in [0.5, 0.6) is 0 Å². The van der Waals surface area contributed by atoms with E-state index in [9.17, 15) is 9.59 Å². The van der Waals surface area contributed by atoms with E-state index in [4.69, 9.17) is 0 Å². The minimum absolute atomic E-state index is 0.145. The lowest BCUT2D eigenvalue weighted by molar-refractivity contribution is -0.140. The summed E-state index contributed by atoms with van der Waals surface area (Å²) in [5, 5.41) is 0. The number of amides is 1. The maximum atomic E-state index is 12.4. The molecular formula is C16H28N2O3. The van der Waals surface area contributed by atoms with Gasteiger partial charge in [0, 0.05) is 18.7 Å². The molecule has 1 amide bonds. The van der Waals surface area contributed by atoms with Crippen molar-refractivity contribution in [1.29, 1.82) is 0 Å². The SMILES string of the molecule is CCN(C(=O)CN(C)CCCC(=O)OC)C1=CCCCC1. The summed E-state index contributed by atoms with van der Waals surface area (Å²) in [7, 11) is 3.31. The number of esters is 1. The summed E-state index contributed by atoms with van der Waals surface area (Å²) in [5.41, 5.74) is 1.18. The fourth-order valence-corrected chi connectivity index (χ4v) is 2.60. The van der Waals surface area contributed by atoms with E-state index in [1.54, 1.807) is 0 Å². The molecule has 0 unspecified atom stereocenters. The predicted molar refractivity (Wildman–Crippen MR) is 82.7 cm³/mol. The molecular weight excluding hydrogens is 268 g/mol. The largest absolute Gasteiger partial charge is 0.469 e. The van der Waals surface area contributed by atoms with E-state index < -0.39 is 0 Å². The van der Waals surface area contributed by atoms with E-state index in [0.29, 0.717) is 19.4 Å². The van der Waals surface area contributed by atoms with Crippen molar-refractivity contribution in [3.8, 4) is 0 Å². The van der Waals surface area contributed by atoms with E-state index in [1.165, 1.54) is 25.6 Å². The summed E-state index contributed by atoms with van der Waals surface area (Å²) in [5.74, 6) is -0.0523. The molecule has 120 valence electrons. The standard InChI is InChI=1S/C16H28N2O3/c1-4-18(14-9-6-5-7-10-14)15(19)13-17(2)12-8-11-16(20)21-3/h9H,4-8,10-13H2,1-3H3. The summed E-state index contributed by atoms with van der Waals surface area (Å²) < 4.78 is 4.61. The second-order valence-corrected chi connectivity index (χ2v) is 5.50. The van der Waals surface area contributed by atoms with Gasteiger partial charge in [-0.25, -0.2) is 0 Å². The maximum Gasteiger partial charge on any atom is 0.305 e. The van der Waals surface area contributed by atoms with Crippen LogP contribution in [-0.4, -0.2) is 55.5 Å². The minimum atomic E-state index is -0.197. The van der Waals surface area contributed by atoms with Gasteiger partial charge in [-0.1, -0.05) is 6.08 Å². The van der Waals surface area contributed by atoms with E-state index >= 15 is 0 Å². The Hall–Kier alpha value is -1.36. The molecule has 0 saturated heterocycles. The number of nitrogens with zero attached hydrogens (tertiary/aromatic N) is 2. The first-order valence-electron chi connectivity index (χ1n) is 7.83. The normalized spacial score (nSPS) is 14.8. The Balaban J connectivity index is 2.39. The van der Waals surface area contributed by atoms with Gasteiger partial charge in [-0.2, -0.15) is 0 Å². The van der Waals surface area contributed by atoms with E-state index in [-0.39, 0.29) is 11.9 Å². The maximum absolute atomic E-state index is 12.4. The second-order valence-electron chi connectivity index (χ2n) is 5.50. The molecule has 0 fully saturated rings. The van der Waals surface area contributed by atoms with Crippen LogP contribution in [0.15, 0.2) is 11.8 Å². The molecule has 0 spiro atoms. The molecule has 1 aliphatic rings.